The van der Waals surface area contributed by atoms with Crippen LogP contribution in [0.4, 0.5) is 5.95 Å². The van der Waals surface area contributed by atoms with Gasteiger partial charge in [-0.1, -0.05) is 6.07 Å². The van der Waals surface area contributed by atoms with Crippen LogP contribution in [0.3, 0.4) is 0 Å². The molecule has 4 aromatic rings. The number of aryl methyl sites for hydroxylation is 1. The second kappa shape index (κ2) is 10.1. The first-order chi connectivity index (χ1) is 16.8. The maximum Gasteiger partial charge on any atom is 0.243 e. The van der Waals surface area contributed by atoms with Crippen LogP contribution in [0, 0.1) is 6.92 Å². The van der Waals surface area contributed by atoms with Crippen LogP contribution in [0.2, 0.25) is 0 Å². The summed E-state index contributed by atoms with van der Waals surface area (Å²) in [6.45, 7) is 3.35. The number of nitrogens with zero attached hydrogens (tertiary/aromatic N) is 7. The van der Waals surface area contributed by atoms with E-state index in [9.17, 15) is 8.42 Å². The van der Waals surface area contributed by atoms with E-state index in [1.807, 2.05) is 6.92 Å². The van der Waals surface area contributed by atoms with E-state index in [4.69, 9.17) is 9.47 Å². The lowest BCUT2D eigenvalue weighted by molar-refractivity contribution is 0.0949. The molecule has 0 aliphatic carbocycles. The zero-order valence-electron chi connectivity index (χ0n) is 19.5. The molecule has 12 nitrogen and oxygen atoms in total. The number of nitrogens with one attached hydrogen (secondary N) is 1. The molecule has 2 unspecified atom stereocenters. The van der Waals surface area contributed by atoms with Gasteiger partial charge in [0.1, 0.15) is 17.0 Å². The Morgan fingerprint density at radius 2 is 1.80 bits per heavy atom. The Labute approximate surface area is 202 Å². The van der Waals surface area contributed by atoms with Crippen LogP contribution in [0.1, 0.15) is 24.4 Å². The monoisotopic (exact) mass is 496 g/mol. The summed E-state index contributed by atoms with van der Waals surface area (Å²) >= 11 is 0. The minimum absolute atomic E-state index is 0.0378. The van der Waals surface area contributed by atoms with E-state index in [0.29, 0.717) is 23.1 Å². The minimum atomic E-state index is -4.04. The number of sulfonamides is 1. The zero-order chi connectivity index (χ0) is 25.0. The van der Waals surface area contributed by atoms with Crippen molar-refractivity contribution in [3.63, 3.8) is 0 Å². The van der Waals surface area contributed by atoms with Crippen molar-refractivity contribution in [3.8, 4) is 23.1 Å². The van der Waals surface area contributed by atoms with Crippen molar-refractivity contribution >= 4 is 16.0 Å². The highest BCUT2D eigenvalue weighted by Gasteiger charge is 2.34. The summed E-state index contributed by atoms with van der Waals surface area (Å²) in [7, 11) is -1.13. The van der Waals surface area contributed by atoms with E-state index in [1.54, 1.807) is 55.1 Å². The summed E-state index contributed by atoms with van der Waals surface area (Å²) in [4.78, 5) is 17.0. The second-order valence-corrected chi connectivity index (χ2v) is 9.62. The van der Waals surface area contributed by atoms with Crippen LogP contribution in [0.5, 0.6) is 5.88 Å². The van der Waals surface area contributed by atoms with E-state index in [0.717, 1.165) is 5.56 Å². The van der Waals surface area contributed by atoms with Crippen molar-refractivity contribution in [2.45, 2.75) is 25.2 Å². The summed E-state index contributed by atoms with van der Waals surface area (Å²) in [6.07, 6.45) is 5.46. The third-order valence-corrected chi connectivity index (χ3v) is 6.88. The fourth-order valence-corrected chi connectivity index (χ4v) is 4.47. The molecular formula is C22H24N8O4S. The predicted molar refractivity (Wildman–Crippen MR) is 127 cm³/mol. The molecule has 4 heterocycles. The quantitative estimate of drug-likeness (QED) is 0.366. The molecule has 0 bridgehead atoms. The number of hydrogen-bond donors (Lipinski definition) is 1. The molecule has 13 heteroatoms. The van der Waals surface area contributed by atoms with Gasteiger partial charge in [0.05, 0.1) is 19.0 Å². The SMILES string of the molecule is COc1cccc(-c2nnc(NS(=O)(=O)C(C)C(OC)c3ncc(C)cn3)n2-c2cccnc2)n1. The summed E-state index contributed by atoms with van der Waals surface area (Å²) < 4.78 is 41.5. The highest BCUT2D eigenvalue weighted by molar-refractivity contribution is 7.93. The second-order valence-electron chi connectivity index (χ2n) is 7.59. The molecule has 2 atom stereocenters. The third-order valence-electron chi connectivity index (χ3n) is 5.19. The van der Waals surface area contributed by atoms with Crippen LogP contribution < -0.4 is 9.46 Å². The third kappa shape index (κ3) is 5.10. The molecule has 0 fully saturated rings. The summed E-state index contributed by atoms with van der Waals surface area (Å²) in [5.74, 6) is 0.891. The molecule has 0 saturated heterocycles. The Bertz CT molecular complexity index is 1390. The summed E-state index contributed by atoms with van der Waals surface area (Å²) in [5.41, 5.74) is 1.81. The van der Waals surface area contributed by atoms with E-state index in [2.05, 4.69) is 34.9 Å². The van der Waals surface area contributed by atoms with Crippen LogP contribution in [0.15, 0.2) is 55.1 Å². The van der Waals surface area contributed by atoms with Gasteiger partial charge in [0.2, 0.25) is 21.9 Å². The van der Waals surface area contributed by atoms with Crippen molar-refractivity contribution < 1.29 is 17.9 Å². The Morgan fingerprint density at radius 3 is 2.46 bits per heavy atom. The predicted octanol–water partition coefficient (Wildman–Crippen LogP) is 2.35. The molecule has 0 aliphatic rings. The van der Waals surface area contributed by atoms with Crippen LogP contribution in [-0.2, 0) is 14.8 Å². The Balaban J connectivity index is 1.74. The molecule has 0 aromatic carbocycles. The Kier molecular flexibility index (Phi) is 6.98. The lowest BCUT2D eigenvalue weighted by Crippen LogP contribution is -2.33. The van der Waals surface area contributed by atoms with Gasteiger partial charge in [0, 0.05) is 31.8 Å². The Hall–Kier alpha value is -3.97. The standard InChI is InChI=1S/C22H24N8O4S/c1-14-11-24-20(25-12-14)19(34-4)15(2)35(31,32)29-22-28-27-21(17-8-5-9-18(26-17)33-3)30(22)16-7-6-10-23-13-16/h5-13,15,19H,1-4H3,(H,28,29). The molecule has 4 rings (SSSR count). The van der Waals surface area contributed by atoms with Crippen molar-refractivity contribution in [2.24, 2.45) is 0 Å². The maximum atomic E-state index is 13.4. The van der Waals surface area contributed by atoms with Gasteiger partial charge in [-0.15, -0.1) is 10.2 Å². The number of methoxy groups -OCH3 is 2. The molecule has 182 valence electrons. The van der Waals surface area contributed by atoms with Gasteiger partial charge >= 0.3 is 0 Å². The first kappa shape index (κ1) is 24.2. The van der Waals surface area contributed by atoms with Gasteiger partial charge in [0.25, 0.3) is 0 Å². The lowest BCUT2D eigenvalue weighted by atomic mass is 10.2. The fourth-order valence-electron chi connectivity index (χ4n) is 3.34. The highest BCUT2D eigenvalue weighted by atomic mass is 32.2. The van der Waals surface area contributed by atoms with Crippen molar-refractivity contribution in [3.05, 3.63) is 66.5 Å². The van der Waals surface area contributed by atoms with Crippen LogP contribution in [0.25, 0.3) is 17.2 Å². The maximum absolute atomic E-state index is 13.4. The highest BCUT2D eigenvalue weighted by Crippen LogP contribution is 2.28. The Morgan fingerprint density at radius 1 is 1.03 bits per heavy atom. The number of pyridine rings is 2. The fraction of sp³-hybridized carbons (Fsp3) is 0.273. The smallest absolute Gasteiger partial charge is 0.243 e. The largest absolute Gasteiger partial charge is 0.481 e. The van der Waals surface area contributed by atoms with Crippen LogP contribution in [-0.4, -0.2) is 62.6 Å². The molecule has 0 aliphatic heterocycles. The topological polar surface area (TPSA) is 147 Å². The molecule has 35 heavy (non-hydrogen) atoms. The molecule has 0 amide bonds. The van der Waals surface area contributed by atoms with Gasteiger partial charge in [-0.25, -0.2) is 23.4 Å². The van der Waals surface area contributed by atoms with Gasteiger partial charge < -0.3 is 9.47 Å². The molecule has 1 N–H and O–H groups in total. The van der Waals surface area contributed by atoms with Crippen molar-refractivity contribution in [1.82, 2.24) is 34.7 Å². The zero-order valence-corrected chi connectivity index (χ0v) is 20.3. The summed E-state index contributed by atoms with van der Waals surface area (Å²) in [6, 6.07) is 8.63. The molecule has 0 radical (unpaired) electrons. The van der Waals surface area contributed by atoms with Gasteiger partial charge in [-0.05, 0) is 37.6 Å². The van der Waals surface area contributed by atoms with Gasteiger partial charge in [-0.3, -0.25) is 14.3 Å². The van der Waals surface area contributed by atoms with E-state index in [-0.39, 0.29) is 11.8 Å². The average molecular weight is 497 g/mol. The number of rotatable bonds is 9. The van der Waals surface area contributed by atoms with Gasteiger partial charge in [-0.2, -0.15) is 0 Å². The van der Waals surface area contributed by atoms with Gasteiger partial charge in [0.15, 0.2) is 11.6 Å². The summed E-state index contributed by atoms with van der Waals surface area (Å²) in [5, 5.41) is 7.24. The van der Waals surface area contributed by atoms with Crippen LogP contribution >= 0.6 is 0 Å². The number of aromatic nitrogens is 7. The number of anilines is 1. The number of ether oxygens (including phenoxy) is 2. The molecule has 0 saturated carbocycles. The average Bonchev–Trinajstić information content (AvgIpc) is 3.29. The minimum Gasteiger partial charge on any atom is -0.481 e. The molecule has 4 aromatic heterocycles. The lowest BCUT2D eigenvalue weighted by Gasteiger charge is -2.22. The molecule has 0 spiro atoms. The van der Waals surface area contributed by atoms with E-state index >= 15 is 0 Å². The molecular weight excluding hydrogens is 472 g/mol. The first-order valence-corrected chi connectivity index (χ1v) is 12.1. The normalized spacial score (nSPS) is 13.3. The van der Waals surface area contributed by atoms with E-state index < -0.39 is 21.4 Å². The van der Waals surface area contributed by atoms with Crippen molar-refractivity contribution in [1.29, 1.82) is 0 Å². The first-order valence-electron chi connectivity index (χ1n) is 10.5. The van der Waals surface area contributed by atoms with Crippen molar-refractivity contribution in [2.75, 3.05) is 18.9 Å². The number of hydrogen-bond acceptors (Lipinski definition) is 10. The van der Waals surface area contributed by atoms with E-state index in [1.165, 1.54) is 25.7 Å².